The number of halogens is 2. The smallest absolute Gasteiger partial charge is 0.259 e. The summed E-state index contributed by atoms with van der Waals surface area (Å²) in [7, 11) is 1.47. The van der Waals surface area contributed by atoms with Gasteiger partial charge in [-0.15, -0.1) is 0 Å². The first-order chi connectivity index (χ1) is 14.0. The Morgan fingerprint density at radius 3 is 2.62 bits per heavy atom. The number of para-hydroxylation sites is 1. The van der Waals surface area contributed by atoms with Crippen molar-refractivity contribution in [3.63, 3.8) is 0 Å². The minimum Gasteiger partial charge on any atom is -0.493 e. The zero-order valence-electron chi connectivity index (χ0n) is 15.4. The Hall–Kier alpha value is -3.74. The lowest BCUT2D eigenvalue weighted by atomic mass is 10.1. The van der Waals surface area contributed by atoms with Crippen molar-refractivity contribution in [2.75, 3.05) is 7.11 Å². The van der Waals surface area contributed by atoms with Crippen LogP contribution in [0.3, 0.4) is 0 Å². The van der Waals surface area contributed by atoms with E-state index < -0.39 is 11.6 Å². The number of benzene rings is 3. The second kappa shape index (κ2) is 7.71. The van der Waals surface area contributed by atoms with Crippen LogP contribution in [0.1, 0.15) is 5.56 Å². The summed E-state index contributed by atoms with van der Waals surface area (Å²) in [5.41, 5.74) is 1.19. The van der Waals surface area contributed by atoms with E-state index >= 15 is 0 Å². The second-order valence-electron chi connectivity index (χ2n) is 6.32. The van der Waals surface area contributed by atoms with Crippen LogP contribution in [-0.2, 0) is 6.61 Å². The first-order valence-electron chi connectivity index (χ1n) is 8.79. The van der Waals surface area contributed by atoms with Crippen molar-refractivity contribution < 1.29 is 18.3 Å². The number of hydrogen-bond acceptors (Lipinski definition) is 4. The first kappa shape index (κ1) is 18.6. The lowest BCUT2D eigenvalue weighted by molar-refractivity contribution is 0.279. The van der Waals surface area contributed by atoms with Crippen molar-refractivity contribution in [2.24, 2.45) is 0 Å². The number of aromatic amines is 1. The number of aromatic nitrogens is 2. The predicted molar refractivity (Wildman–Crippen MR) is 105 cm³/mol. The highest BCUT2D eigenvalue weighted by atomic mass is 19.1. The first-order valence-corrected chi connectivity index (χ1v) is 8.79. The van der Waals surface area contributed by atoms with E-state index in [1.165, 1.54) is 19.2 Å². The third-order valence-corrected chi connectivity index (χ3v) is 4.45. The summed E-state index contributed by atoms with van der Waals surface area (Å²) >= 11 is 0. The number of nitrogens with zero attached hydrogens (tertiary/aromatic N) is 1. The quantitative estimate of drug-likeness (QED) is 0.543. The fraction of sp³-hybridized carbons (Fsp3) is 0.0909. The van der Waals surface area contributed by atoms with Crippen LogP contribution < -0.4 is 15.0 Å². The molecule has 5 nitrogen and oxygen atoms in total. The molecule has 146 valence electrons. The number of H-pyrrole nitrogens is 1. The summed E-state index contributed by atoms with van der Waals surface area (Å²) in [6, 6.07) is 15.4. The SMILES string of the molecule is COc1cc(-c2nc3ccccc3c(=O)[nH]2)ccc1OCc1ccc(F)cc1F. The van der Waals surface area contributed by atoms with Gasteiger partial charge in [0.25, 0.3) is 5.56 Å². The van der Waals surface area contributed by atoms with Gasteiger partial charge in [-0.2, -0.15) is 0 Å². The molecule has 0 spiro atoms. The van der Waals surface area contributed by atoms with Gasteiger partial charge in [-0.3, -0.25) is 4.79 Å². The highest BCUT2D eigenvalue weighted by Gasteiger charge is 2.12. The van der Waals surface area contributed by atoms with Gasteiger partial charge in [0.15, 0.2) is 11.5 Å². The molecule has 0 saturated heterocycles. The maximum Gasteiger partial charge on any atom is 0.259 e. The Morgan fingerprint density at radius 2 is 1.83 bits per heavy atom. The van der Waals surface area contributed by atoms with Gasteiger partial charge in [-0.05, 0) is 42.5 Å². The van der Waals surface area contributed by atoms with Crippen LogP contribution in [-0.4, -0.2) is 17.1 Å². The molecule has 0 atom stereocenters. The van der Waals surface area contributed by atoms with E-state index in [1.54, 1.807) is 36.4 Å². The molecule has 0 fully saturated rings. The molecular weight excluding hydrogens is 378 g/mol. The minimum atomic E-state index is -0.682. The van der Waals surface area contributed by atoms with Gasteiger partial charge in [-0.25, -0.2) is 13.8 Å². The number of methoxy groups -OCH3 is 1. The fourth-order valence-electron chi connectivity index (χ4n) is 2.95. The molecule has 1 N–H and O–H groups in total. The van der Waals surface area contributed by atoms with Gasteiger partial charge in [0.1, 0.15) is 24.1 Å². The summed E-state index contributed by atoms with van der Waals surface area (Å²) < 4.78 is 37.8. The van der Waals surface area contributed by atoms with Crippen molar-refractivity contribution in [1.29, 1.82) is 0 Å². The van der Waals surface area contributed by atoms with Gasteiger partial charge in [-0.1, -0.05) is 12.1 Å². The molecule has 1 heterocycles. The van der Waals surface area contributed by atoms with E-state index in [0.717, 1.165) is 6.07 Å². The number of rotatable bonds is 5. The molecule has 0 amide bonds. The Balaban J connectivity index is 1.64. The summed E-state index contributed by atoms with van der Waals surface area (Å²) in [5, 5.41) is 0.504. The van der Waals surface area contributed by atoms with Crippen LogP contribution in [0.4, 0.5) is 8.78 Å². The number of ether oxygens (including phenoxy) is 2. The number of hydrogen-bond donors (Lipinski definition) is 1. The molecule has 0 saturated carbocycles. The lowest BCUT2D eigenvalue weighted by Crippen LogP contribution is -2.09. The minimum absolute atomic E-state index is 0.0904. The fourth-order valence-corrected chi connectivity index (χ4v) is 2.95. The van der Waals surface area contributed by atoms with Crippen molar-refractivity contribution in [3.05, 3.63) is 88.2 Å². The van der Waals surface area contributed by atoms with Crippen molar-refractivity contribution in [1.82, 2.24) is 9.97 Å². The van der Waals surface area contributed by atoms with Crippen molar-refractivity contribution >= 4 is 10.9 Å². The van der Waals surface area contributed by atoms with Gasteiger partial charge in [0.05, 0.1) is 18.0 Å². The predicted octanol–water partition coefficient (Wildman–Crippen LogP) is 4.46. The van der Waals surface area contributed by atoms with Crippen LogP contribution in [0.15, 0.2) is 65.5 Å². The van der Waals surface area contributed by atoms with Crippen molar-refractivity contribution in [3.8, 4) is 22.9 Å². The van der Waals surface area contributed by atoms with Crippen molar-refractivity contribution in [2.45, 2.75) is 6.61 Å². The van der Waals surface area contributed by atoms with E-state index in [0.29, 0.717) is 33.8 Å². The van der Waals surface area contributed by atoms with Gasteiger partial charge in [0.2, 0.25) is 0 Å². The highest BCUT2D eigenvalue weighted by molar-refractivity contribution is 5.79. The van der Waals surface area contributed by atoms with Gasteiger partial charge in [0, 0.05) is 17.2 Å². The summed E-state index contributed by atoms with van der Waals surface area (Å²) in [6.07, 6.45) is 0. The molecular formula is C22H16F2N2O3. The topological polar surface area (TPSA) is 64.2 Å². The Kier molecular flexibility index (Phi) is 4.95. The molecule has 4 rings (SSSR count). The third kappa shape index (κ3) is 3.80. The van der Waals surface area contributed by atoms with Crippen LogP contribution in [0, 0.1) is 11.6 Å². The zero-order valence-corrected chi connectivity index (χ0v) is 15.4. The van der Waals surface area contributed by atoms with E-state index in [9.17, 15) is 13.6 Å². The summed E-state index contributed by atoms with van der Waals surface area (Å²) in [4.78, 5) is 19.5. The average molecular weight is 394 g/mol. The van der Waals surface area contributed by atoms with Crippen LogP contribution >= 0.6 is 0 Å². The summed E-state index contributed by atoms with van der Waals surface area (Å²) in [6.45, 7) is -0.0904. The molecule has 0 aliphatic heterocycles. The van der Waals surface area contributed by atoms with Crippen LogP contribution in [0.5, 0.6) is 11.5 Å². The standard InChI is InChI=1S/C22H16F2N2O3/c1-28-20-10-13(21-25-18-5-3-2-4-16(18)22(27)26-21)7-9-19(20)29-12-14-6-8-15(23)11-17(14)24/h2-11H,12H2,1H3,(H,25,26,27). The normalized spacial score (nSPS) is 10.9. The molecule has 3 aromatic carbocycles. The molecule has 0 unspecified atom stereocenters. The Morgan fingerprint density at radius 1 is 1.00 bits per heavy atom. The molecule has 29 heavy (non-hydrogen) atoms. The molecule has 0 radical (unpaired) electrons. The van der Waals surface area contributed by atoms with E-state index in [1.807, 2.05) is 6.07 Å². The van der Waals surface area contributed by atoms with E-state index in [-0.39, 0.29) is 17.7 Å². The van der Waals surface area contributed by atoms with E-state index in [2.05, 4.69) is 9.97 Å². The Labute approximate surface area is 164 Å². The van der Waals surface area contributed by atoms with Gasteiger partial charge < -0.3 is 14.5 Å². The number of fused-ring (bicyclic) bond motifs is 1. The third-order valence-electron chi connectivity index (χ3n) is 4.45. The monoisotopic (exact) mass is 394 g/mol. The summed E-state index contributed by atoms with van der Waals surface area (Å²) in [5.74, 6) is -0.171. The average Bonchev–Trinajstić information content (AvgIpc) is 2.73. The van der Waals surface area contributed by atoms with Crippen LogP contribution in [0.25, 0.3) is 22.3 Å². The molecule has 0 aliphatic carbocycles. The molecule has 4 aromatic rings. The molecule has 7 heteroatoms. The van der Waals surface area contributed by atoms with Gasteiger partial charge >= 0.3 is 0 Å². The highest BCUT2D eigenvalue weighted by Crippen LogP contribution is 2.32. The largest absolute Gasteiger partial charge is 0.493 e. The van der Waals surface area contributed by atoms with E-state index in [4.69, 9.17) is 9.47 Å². The molecule has 0 aliphatic rings. The maximum atomic E-state index is 13.8. The zero-order chi connectivity index (χ0) is 20.4. The second-order valence-corrected chi connectivity index (χ2v) is 6.32. The van der Waals surface area contributed by atoms with Crippen LogP contribution in [0.2, 0.25) is 0 Å². The molecule has 0 bridgehead atoms. The molecule has 1 aromatic heterocycles. The number of nitrogens with one attached hydrogen (secondary N) is 1. The lowest BCUT2D eigenvalue weighted by Gasteiger charge is -2.13. The Bertz CT molecular complexity index is 1250. The maximum absolute atomic E-state index is 13.8.